The molecule has 35 heavy (non-hydrogen) atoms. The minimum absolute atomic E-state index is 0.00807. The molecule has 1 saturated heterocycles. The van der Waals surface area contributed by atoms with E-state index in [2.05, 4.69) is 12.2 Å². The van der Waals surface area contributed by atoms with Gasteiger partial charge in [-0.25, -0.2) is 14.6 Å². The maximum absolute atomic E-state index is 13.2. The summed E-state index contributed by atoms with van der Waals surface area (Å²) in [6.45, 7) is 3.13. The monoisotopic (exact) mass is 497 g/mol. The molecule has 7 heteroatoms. The van der Waals surface area contributed by atoms with E-state index < -0.39 is 5.97 Å². The quantitative estimate of drug-likeness (QED) is 0.371. The Morgan fingerprint density at radius 3 is 2.37 bits per heavy atom. The molecule has 1 aromatic heterocycles. The van der Waals surface area contributed by atoms with Gasteiger partial charge in [-0.3, -0.25) is 4.79 Å². The van der Waals surface area contributed by atoms with Crippen LogP contribution in [0.1, 0.15) is 74.4 Å². The molecule has 0 radical (unpaired) electrons. The lowest BCUT2D eigenvalue weighted by molar-refractivity contribution is -0.316. The molecule has 2 saturated carbocycles. The number of benzene rings is 1. The molecule has 6 nitrogen and oxygen atoms in total. The Bertz CT molecular complexity index is 1040. The van der Waals surface area contributed by atoms with Gasteiger partial charge in [-0.15, -0.1) is 11.3 Å². The number of nitrogens with one attached hydrogen (secondary N) is 1. The number of carbonyl (C=O) groups is 2. The molecule has 1 spiro atoms. The van der Waals surface area contributed by atoms with Crippen LogP contribution in [0.25, 0.3) is 10.4 Å². The third-order valence-corrected chi connectivity index (χ3v) is 9.84. The summed E-state index contributed by atoms with van der Waals surface area (Å²) in [4.78, 5) is 37.9. The fourth-order valence-electron chi connectivity index (χ4n) is 6.27. The fourth-order valence-corrected chi connectivity index (χ4v) is 7.30. The maximum Gasteiger partial charge on any atom is 0.350 e. The molecule has 3 fully saturated rings. The Morgan fingerprint density at radius 2 is 1.74 bits per heavy atom. The summed E-state index contributed by atoms with van der Waals surface area (Å²) in [7, 11) is 1.37. The van der Waals surface area contributed by atoms with E-state index in [1.165, 1.54) is 31.3 Å². The molecule has 1 aromatic carbocycles. The molecule has 1 N–H and O–H groups in total. The Balaban J connectivity index is 1.21. The van der Waals surface area contributed by atoms with E-state index in [4.69, 9.17) is 14.5 Å². The molecule has 3 aliphatic rings. The molecule has 0 unspecified atom stereocenters. The van der Waals surface area contributed by atoms with Crippen LogP contribution in [-0.4, -0.2) is 31.2 Å². The maximum atomic E-state index is 13.2. The summed E-state index contributed by atoms with van der Waals surface area (Å²) < 4.78 is 4.99. The summed E-state index contributed by atoms with van der Waals surface area (Å²) in [5.41, 5.74) is 1.80. The highest BCUT2D eigenvalue weighted by Crippen LogP contribution is 2.52. The zero-order valence-corrected chi connectivity index (χ0v) is 21.5. The first-order valence-corrected chi connectivity index (χ1v) is 13.6. The highest BCUT2D eigenvalue weighted by atomic mass is 32.1. The van der Waals surface area contributed by atoms with Crippen molar-refractivity contribution in [3.63, 3.8) is 0 Å². The van der Waals surface area contributed by atoms with Crippen molar-refractivity contribution < 1.29 is 24.1 Å². The third-order valence-electron chi connectivity index (χ3n) is 8.68. The normalized spacial score (nSPS) is 30.8. The van der Waals surface area contributed by atoms with E-state index in [-0.39, 0.29) is 22.8 Å². The number of thiophene rings is 1. The number of hydrogen-bond acceptors (Lipinski definition) is 6. The van der Waals surface area contributed by atoms with E-state index in [0.717, 1.165) is 55.4 Å². The van der Waals surface area contributed by atoms with Crippen molar-refractivity contribution in [3.8, 4) is 10.4 Å². The van der Waals surface area contributed by atoms with Crippen LogP contribution in [0.2, 0.25) is 0 Å². The van der Waals surface area contributed by atoms with Crippen LogP contribution in [0, 0.1) is 17.3 Å². The zero-order valence-electron chi connectivity index (χ0n) is 20.6. The summed E-state index contributed by atoms with van der Waals surface area (Å²) in [5.74, 6) is 0.233. The number of carbonyl (C=O) groups excluding carboxylic acids is 2. The smallest absolute Gasteiger partial charge is 0.350 e. The lowest BCUT2D eigenvalue weighted by Gasteiger charge is -2.47. The highest BCUT2D eigenvalue weighted by molar-refractivity contribution is 7.18. The van der Waals surface area contributed by atoms with Gasteiger partial charge in [0.1, 0.15) is 10.5 Å². The van der Waals surface area contributed by atoms with Crippen molar-refractivity contribution in [2.45, 2.75) is 70.3 Å². The Hall–Kier alpha value is -2.22. The average Bonchev–Trinajstić information content (AvgIpc) is 3.52. The van der Waals surface area contributed by atoms with E-state index in [1.807, 2.05) is 36.4 Å². The minimum atomic E-state index is -0.421. The number of amides is 1. The second-order valence-corrected chi connectivity index (χ2v) is 11.8. The number of hydrogen-bond donors (Lipinski definition) is 1. The first-order valence-electron chi connectivity index (χ1n) is 12.8. The van der Waals surface area contributed by atoms with Gasteiger partial charge in [0.05, 0.1) is 19.4 Å². The summed E-state index contributed by atoms with van der Waals surface area (Å²) >= 11 is 1.35. The number of esters is 1. The van der Waals surface area contributed by atoms with Crippen molar-refractivity contribution in [3.05, 3.63) is 41.3 Å². The molecule has 2 aromatic rings. The standard InChI is InChI=1S/C28H35NO5S/c1-27(21-10-14-28(15-11-21)16-17-33-34-28)12-8-20(9-13-27)25(30)29-22-18-23(19-6-4-3-5-7-19)35-24(22)26(31)32-2/h3-7,18,20-21H,8-17H2,1-2H3,(H,29,30)/t20-,21?,27+,28?. The minimum Gasteiger partial charge on any atom is -0.465 e. The Morgan fingerprint density at radius 1 is 1.03 bits per heavy atom. The van der Waals surface area contributed by atoms with Crippen LogP contribution in [-0.2, 0) is 19.3 Å². The van der Waals surface area contributed by atoms with Crippen LogP contribution < -0.4 is 5.32 Å². The van der Waals surface area contributed by atoms with E-state index >= 15 is 0 Å². The summed E-state index contributed by atoms with van der Waals surface area (Å²) in [5, 5.41) is 3.07. The van der Waals surface area contributed by atoms with Crippen LogP contribution in [0.4, 0.5) is 5.69 Å². The predicted octanol–water partition coefficient (Wildman–Crippen LogP) is 6.62. The third kappa shape index (κ3) is 5.04. The number of rotatable bonds is 5. The van der Waals surface area contributed by atoms with E-state index in [0.29, 0.717) is 23.1 Å². The topological polar surface area (TPSA) is 73.9 Å². The molecular weight excluding hydrogens is 462 g/mol. The van der Waals surface area contributed by atoms with Gasteiger partial charge >= 0.3 is 5.97 Å². The molecule has 2 heterocycles. The first kappa shape index (κ1) is 24.5. The molecule has 2 aliphatic carbocycles. The van der Waals surface area contributed by atoms with Gasteiger partial charge in [-0.1, -0.05) is 37.3 Å². The molecule has 188 valence electrons. The van der Waals surface area contributed by atoms with Crippen molar-refractivity contribution in [2.24, 2.45) is 17.3 Å². The average molecular weight is 498 g/mol. The van der Waals surface area contributed by atoms with Crippen LogP contribution in [0.5, 0.6) is 0 Å². The Kier molecular flexibility index (Phi) is 7.02. The van der Waals surface area contributed by atoms with E-state index in [1.54, 1.807) is 0 Å². The molecule has 5 rings (SSSR count). The lowest BCUT2D eigenvalue weighted by Crippen LogP contribution is -2.41. The van der Waals surface area contributed by atoms with Crippen LogP contribution in [0.15, 0.2) is 36.4 Å². The SMILES string of the molecule is COC(=O)c1sc(-c2ccccc2)cc1NC(=O)[C@H]1CC[C@@](C)(C2CCC3(CCOO3)CC2)CC1. The summed E-state index contributed by atoms with van der Waals surface area (Å²) in [6, 6.07) is 11.8. The zero-order chi connectivity index (χ0) is 24.5. The molecule has 0 bridgehead atoms. The first-order chi connectivity index (χ1) is 16.9. The molecule has 1 aliphatic heterocycles. The van der Waals surface area contributed by atoms with Gasteiger partial charge in [0, 0.05) is 17.2 Å². The number of methoxy groups -OCH3 is 1. The second kappa shape index (κ2) is 10.0. The highest BCUT2D eigenvalue weighted by Gasteiger charge is 2.46. The molecule has 1 amide bonds. The van der Waals surface area contributed by atoms with Crippen molar-refractivity contribution in [1.82, 2.24) is 0 Å². The van der Waals surface area contributed by atoms with Crippen molar-refractivity contribution in [2.75, 3.05) is 19.0 Å². The summed E-state index contributed by atoms with van der Waals surface area (Å²) in [6.07, 6.45) is 9.41. The fraction of sp³-hybridized carbons (Fsp3) is 0.571. The Labute approximate surface area is 211 Å². The van der Waals surface area contributed by atoms with Gasteiger partial charge in [-0.05, 0) is 74.3 Å². The number of ether oxygens (including phenoxy) is 1. The van der Waals surface area contributed by atoms with Gasteiger partial charge in [0.2, 0.25) is 5.91 Å². The largest absolute Gasteiger partial charge is 0.465 e. The van der Waals surface area contributed by atoms with Gasteiger partial charge < -0.3 is 10.1 Å². The van der Waals surface area contributed by atoms with E-state index in [9.17, 15) is 9.59 Å². The predicted molar refractivity (Wildman–Crippen MR) is 136 cm³/mol. The molecular formula is C28H35NO5S. The number of anilines is 1. The van der Waals surface area contributed by atoms with Gasteiger partial charge in [0.25, 0.3) is 0 Å². The lowest BCUT2D eigenvalue weighted by atomic mass is 9.59. The van der Waals surface area contributed by atoms with Gasteiger partial charge in [-0.2, -0.15) is 0 Å². The van der Waals surface area contributed by atoms with Crippen molar-refractivity contribution >= 4 is 28.9 Å². The van der Waals surface area contributed by atoms with Crippen LogP contribution >= 0.6 is 11.3 Å². The second-order valence-electron chi connectivity index (χ2n) is 10.7. The van der Waals surface area contributed by atoms with Gasteiger partial charge in [0.15, 0.2) is 0 Å². The van der Waals surface area contributed by atoms with Crippen molar-refractivity contribution in [1.29, 1.82) is 0 Å². The molecule has 0 atom stereocenters. The van der Waals surface area contributed by atoms with Crippen LogP contribution in [0.3, 0.4) is 0 Å².